The van der Waals surface area contributed by atoms with Crippen LogP contribution in [0.5, 0.6) is 0 Å². The highest BCUT2D eigenvalue weighted by atomic mass is 19.3. The molecule has 1 saturated carbocycles. The zero-order valence-electron chi connectivity index (χ0n) is 8.97. The van der Waals surface area contributed by atoms with Crippen molar-refractivity contribution < 1.29 is 23.5 Å². The predicted octanol–water partition coefficient (Wildman–Crippen LogP) is 0.320. The highest BCUT2D eigenvalue weighted by molar-refractivity contribution is 5.84. The number of halogens is 2. The normalized spacial score (nSPS) is 37.4. The molecule has 3 fully saturated rings. The standard InChI is InChI=1S/C10H12F2N2O3/c11-10(12)3-14(4-10)8(15)7-5-1-13(9(16)17)2-6(5)7/h5-7H,1-4H2,(H,16,17)/t5-,6+,7?. The second kappa shape index (κ2) is 3.08. The van der Waals surface area contributed by atoms with Gasteiger partial charge in [-0.25, -0.2) is 13.6 Å². The highest BCUT2D eigenvalue weighted by Gasteiger charge is 2.63. The molecule has 94 valence electrons. The molecule has 1 unspecified atom stereocenters. The Labute approximate surface area is 96.0 Å². The summed E-state index contributed by atoms with van der Waals surface area (Å²) in [6.07, 6.45) is -0.973. The Morgan fingerprint density at radius 2 is 1.65 bits per heavy atom. The minimum absolute atomic E-state index is 0.0489. The minimum atomic E-state index is -2.73. The average Bonchev–Trinajstić information content (AvgIpc) is 2.67. The topological polar surface area (TPSA) is 60.9 Å². The summed E-state index contributed by atoms with van der Waals surface area (Å²) in [7, 11) is 0. The van der Waals surface area contributed by atoms with Crippen molar-refractivity contribution >= 4 is 12.0 Å². The smallest absolute Gasteiger partial charge is 0.407 e. The van der Waals surface area contributed by atoms with Gasteiger partial charge >= 0.3 is 6.09 Å². The third-order valence-electron chi connectivity index (χ3n) is 3.91. The van der Waals surface area contributed by atoms with Gasteiger partial charge in [0.25, 0.3) is 5.92 Å². The number of carboxylic acid groups (broad SMARTS) is 1. The van der Waals surface area contributed by atoms with Crippen LogP contribution in [0.15, 0.2) is 0 Å². The van der Waals surface area contributed by atoms with E-state index in [9.17, 15) is 18.4 Å². The fourth-order valence-electron chi connectivity index (χ4n) is 2.93. The van der Waals surface area contributed by atoms with Crippen LogP contribution in [0.4, 0.5) is 13.6 Å². The number of fused-ring (bicyclic) bond motifs is 1. The number of alkyl halides is 2. The van der Waals surface area contributed by atoms with Crippen LogP contribution in [0, 0.1) is 17.8 Å². The van der Waals surface area contributed by atoms with Gasteiger partial charge in [-0.2, -0.15) is 0 Å². The summed E-state index contributed by atoms with van der Waals surface area (Å²) < 4.78 is 25.2. The summed E-state index contributed by atoms with van der Waals surface area (Å²) in [5, 5.41) is 8.74. The van der Waals surface area contributed by atoms with Gasteiger partial charge in [0.05, 0.1) is 13.1 Å². The Hall–Kier alpha value is -1.40. The van der Waals surface area contributed by atoms with E-state index in [0.717, 1.165) is 0 Å². The van der Waals surface area contributed by atoms with E-state index in [2.05, 4.69) is 0 Å². The molecule has 1 aliphatic carbocycles. The van der Waals surface area contributed by atoms with Crippen LogP contribution in [0.25, 0.3) is 0 Å². The van der Waals surface area contributed by atoms with Crippen molar-refractivity contribution in [1.82, 2.24) is 9.80 Å². The minimum Gasteiger partial charge on any atom is -0.465 e. The third kappa shape index (κ3) is 1.56. The summed E-state index contributed by atoms with van der Waals surface area (Å²) in [5.74, 6) is -3.08. The molecule has 2 saturated heterocycles. The molecule has 2 aliphatic heterocycles. The fourth-order valence-corrected chi connectivity index (χ4v) is 2.93. The van der Waals surface area contributed by atoms with Gasteiger partial charge in [-0.3, -0.25) is 4.79 Å². The van der Waals surface area contributed by atoms with Gasteiger partial charge in [-0.15, -0.1) is 0 Å². The molecular weight excluding hydrogens is 234 g/mol. The van der Waals surface area contributed by atoms with Crippen LogP contribution in [0.2, 0.25) is 0 Å². The van der Waals surface area contributed by atoms with E-state index in [1.54, 1.807) is 0 Å². The lowest BCUT2D eigenvalue weighted by molar-refractivity contribution is -0.167. The van der Waals surface area contributed by atoms with Crippen molar-refractivity contribution in [3.63, 3.8) is 0 Å². The molecule has 0 aromatic carbocycles. The first-order valence-corrected chi connectivity index (χ1v) is 5.53. The lowest BCUT2D eigenvalue weighted by atomic mass is 10.1. The number of rotatable bonds is 1. The summed E-state index contributed by atoms with van der Waals surface area (Å²) >= 11 is 0. The van der Waals surface area contributed by atoms with E-state index in [4.69, 9.17) is 5.11 Å². The van der Waals surface area contributed by atoms with Crippen molar-refractivity contribution in [2.75, 3.05) is 26.2 Å². The molecular formula is C10H12F2N2O3. The quantitative estimate of drug-likeness (QED) is 0.724. The fraction of sp³-hybridized carbons (Fsp3) is 0.800. The maximum Gasteiger partial charge on any atom is 0.407 e. The second-order valence-electron chi connectivity index (χ2n) is 5.09. The van der Waals surface area contributed by atoms with Crippen molar-refractivity contribution in [3.05, 3.63) is 0 Å². The number of carbonyl (C=O) groups excluding carboxylic acids is 1. The van der Waals surface area contributed by atoms with Crippen molar-refractivity contribution in [1.29, 1.82) is 0 Å². The first-order chi connectivity index (χ1) is 7.89. The van der Waals surface area contributed by atoms with E-state index in [0.29, 0.717) is 13.1 Å². The lowest BCUT2D eigenvalue weighted by Gasteiger charge is -2.39. The molecule has 5 nitrogen and oxygen atoms in total. The second-order valence-corrected chi connectivity index (χ2v) is 5.09. The van der Waals surface area contributed by atoms with Crippen LogP contribution in [0.3, 0.4) is 0 Å². The number of piperidine rings is 1. The van der Waals surface area contributed by atoms with Gasteiger partial charge in [0, 0.05) is 19.0 Å². The monoisotopic (exact) mass is 246 g/mol. The summed E-state index contributed by atoms with van der Waals surface area (Å²) in [4.78, 5) is 24.9. The molecule has 7 heteroatoms. The molecule has 0 radical (unpaired) electrons. The van der Waals surface area contributed by atoms with E-state index in [-0.39, 0.29) is 23.7 Å². The molecule has 0 aromatic rings. The maximum absolute atomic E-state index is 12.6. The number of carbonyl (C=O) groups is 2. The van der Waals surface area contributed by atoms with Crippen molar-refractivity contribution in [2.24, 2.45) is 17.8 Å². The Bertz CT molecular complexity index is 381. The first-order valence-electron chi connectivity index (χ1n) is 5.53. The SMILES string of the molecule is O=C(O)N1C[C@@H]2C(C(=O)N3CC(F)(F)C3)[C@@H]2C1. The molecule has 0 aromatic heterocycles. The molecule has 0 bridgehead atoms. The van der Waals surface area contributed by atoms with Crippen LogP contribution < -0.4 is 0 Å². The molecule has 3 atom stereocenters. The van der Waals surface area contributed by atoms with Crippen LogP contribution in [-0.2, 0) is 4.79 Å². The summed E-state index contributed by atoms with van der Waals surface area (Å²) in [5.41, 5.74) is 0. The molecule has 2 amide bonds. The van der Waals surface area contributed by atoms with Gasteiger partial charge in [0.1, 0.15) is 0 Å². The van der Waals surface area contributed by atoms with Crippen LogP contribution in [-0.4, -0.2) is 59.0 Å². The zero-order chi connectivity index (χ0) is 12.4. The Kier molecular flexibility index (Phi) is 1.95. The van der Waals surface area contributed by atoms with Crippen LogP contribution >= 0.6 is 0 Å². The highest BCUT2D eigenvalue weighted by Crippen LogP contribution is 2.53. The molecule has 2 heterocycles. The lowest BCUT2D eigenvalue weighted by Crippen LogP contribution is -2.59. The predicted molar refractivity (Wildman–Crippen MR) is 51.6 cm³/mol. The molecule has 17 heavy (non-hydrogen) atoms. The summed E-state index contributed by atoms with van der Waals surface area (Å²) in [6.45, 7) is -0.240. The van der Waals surface area contributed by atoms with E-state index in [1.807, 2.05) is 0 Å². The van der Waals surface area contributed by atoms with E-state index in [1.165, 1.54) is 9.80 Å². The number of amides is 2. The number of likely N-dealkylation sites (tertiary alicyclic amines) is 2. The Morgan fingerprint density at radius 1 is 1.12 bits per heavy atom. The van der Waals surface area contributed by atoms with E-state index < -0.39 is 25.1 Å². The molecule has 1 N–H and O–H groups in total. The van der Waals surface area contributed by atoms with Gasteiger partial charge in [0.15, 0.2) is 0 Å². The summed E-state index contributed by atoms with van der Waals surface area (Å²) in [6, 6.07) is 0. The number of nitrogens with zero attached hydrogens (tertiary/aromatic N) is 2. The van der Waals surface area contributed by atoms with Crippen molar-refractivity contribution in [3.8, 4) is 0 Å². The Balaban J connectivity index is 1.54. The van der Waals surface area contributed by atoms with Gasteiger partial charge in [0.2, 0.25) is 5.91 Å². The van der Waals surface area contributed by atoms with Gasteiger partial charge < -0.3 is 14.9 Å². The number of hydrogen-bond acceptors (Lipinski definition) is 2. The van der Waals surface area contributed by atoms with Crippen LogP contribution in [0.1, 0.15) is 0 Å². The maximum atomic E-state index is 12.6. The van der Waals surface area contributed by atoms with Crippen molar-refractivity contribution in [2.45, 2.75) is 5.92 Å². The largest absolute Gasteiger partial charge is 0.465 e. The number of hydrogen-bond donors (Lipinski definition) is 1. The third-order valence-corrected chi connectivity index (χ3v) is 3.91. The van der Waals surface area contributed by atoms with Gasteiger partial charge in [-0.1, -0.05) is 0 Å². The average molecular weight is 246 g/mol. The zero-order valence-corrected chi connectivity index (χ0v) is 8.97. The molecule has 3 rings (SSSR count). The Morgan fingerprint density at radius 3 is 2.06 bits per heavy atom. The molecule has 0 spiro atoms. The first kappa shape index (κ1) is 10.7. The van der Waals surface area contributed by atoms with Gasteiger partial charge in [-0.05, 0) is 11.8 Å². The van der Waals surface area contributed by atoms with E-state index >= 15 is 0 Å². The molecule has 3 aliphatic rings.